The fourth-order valence-corrected chi connectivity index (χ4v) is 13.3. The Morgan fingerprint density at radius 3 is 1.04 bits per heavy atom. The Morgan fingerprint density at radius 1 is 0.419 bits per heavy atom. The van der Waals surface area contributed by atoms with Crippen molar-refractivity contribution in [1.29, 1.82) is 0 Å². The molecule has 0 heterocycles. The van der Waals surface area contributed by atoms with E-state index in [0.29, 0.717) is 60.2 Å². The second kappa shape index (κ2) is 57.1. The maximum Gasteiger partial charge on any atom is 0.331 e. The van der Waals surface area contributed by atoms with Crippen molar-refractivity contribution in [2.75, 3.05) is 13.2 Å². The van der Waals surface area contributed by atoms with Crippen molar-refractivity contribution in [1.82, 2.24) is 0 Å². The number of unbranched alkanes of at least 4 members (excludes halogenated alkanes) is 24. The lowest BCUT2D eigenvalue weighted by Gasteiger charge is -2.30. The van der Waals surface area contributed by atoms with E-state index in [1.165, 1.54) is 220 Å². The van der Waals surface area contributed by atoms with E-state index in [-0.39, 0.29) is 32.5 Å². The van der Waals surface area contributed by atoms with Crippen molar-refractivity contribution in [3.63, 3.8) is 0 Å². The zero-order chi connectivity index (χ0) is 68.7. The summed E-state index contributed by atoms with van der Waals surface area (Å²) in [7, 11) is 0. The number of aryl methyl sites for hydroxylation is 4. The maximum atomic E-state index is 12.8. The molecule has 0 aliphatic heterocycles. The Labute approximate surface area is 566 Å². The first kappa shape index (κ1) is 85.9. The van der Waals surface area contributed by atoms with E-state index in [9.17, 15) is 43.8 Å². The number of carboxylic acids is 2. The minimum Gasteiger partial charge on any atom is -0.550 e. The molecule has 2 aromatic rings. The molecule has 0 radical (unpaired) electrons. The Morgan fingerprint density at radius 2 is 0.731 bits per heavy atom. The van der Waals surface area contributed by atoms with Crippen LogP contribution in [0.1, 0.15) is 338 Å². The van der Waals surface area contributed by atoms with Crippen LogP contribution in [0.25, 0.3) is 0 Å². The highest BCUT2D eigenvalue weighted by Gasteiger charge is 2.32. The van der Waals surface area contributed by atoms with E-state index in [4.69, 9.17) is 14.2 Å². The van der Waals surface area contributed by atoms with Crippen LogP contribution in [0.5, 0.6) is 0 Å². The largest absolute Gasteiger partial charge is 0.550 e. The zero-order valence-electron chi connectivity index (χ0n) is 60.4. The van der Waals surface area contributed by atoms with E-state index in [1.807, 2.05) is 0 Å². The van der Waals surface area contributed by atoms with E-state index in [0.717, 1.165) is 64.2 Å². The highest BCUT2D eigenvalue weighted by atomic mass is 16.6. The summed E-state index contributed by atoms with van der Waals surface area (Å²) >= 11 is 0. The van der Waals surface area contributed by atoms with Crippen LogP contribution in [-0.2, 0) is 60.6 Å². The van der Waals surface area contributed by atoms with Gasteiger partial charge in [-0.1, -0.05) is 276 Å². The van der Waals surface area contributed by atoms with Gasteiger partial charge < -0.3 is 34.0 Å². The number of hydrogen-bond acceptors (Lipinski definition) is 12. The molecule has 0 bridgehead atoms. The molecule has 0 spiro atoms. The molecule has 530 valence electrons. The van der Waals surface area contributed by atoms with Crippen LogP contribution in [0.3, 0.4) is 0 Å². The first-order valence-electron chi connectivity index (χ1n) is 37.7. The van der Waals surface area contributed by atoms with Crippen LogP contribution in [0.4, 0.5) is 0 Å². The highest BCUT2D eigenvalue weighted by Crippen LogP contribution is 2.36. The smallest absolute Gasteiger partial charge is 0.331 e. The number of Topliss-reactive ketones (excluding diaryl/α,β-unsaturated/α-hetero) is 2. The number of aliphatic carboxylic acids is 2. The first-order valence-corrected chi connectivity index (χ1v) is 37.7. The minimum absolute atomic E-state index is 0.232. The van der Waals surface area contributed by atoms with Gasteiger partial charge in [0.2, 0.25) is 0 Å². The lowest BCUT2D eigenvalue weighted by atomic mass is 9.73. The number of ketones is 2. The summed E-state index contributed by atoms with van der Waals surface area (Å²) in [5, 5.41) is 20.6. The average molecular weight is 1300 g/mol. The molecule has 2 fully saturated rings. The average Bonchev–Trinajstić information content (AvgIpc) is 0.997. The molecule has 2 saturated carbocycles. The van der Waals surface area contributed by atoms with Gasteiger partial charge >= 0.3 is 17.9 Å². The molecule has 4 atom stereocenters. The lowest BCUT2D eigenvalue weighted by molar-refractivity contribution is -0.306. The summed E-state index contributed by atoms with van der Waals surface area (Å²) in [6.07, 6.45) is 48.4. The molecule has 2 unspecified atom stereocenters. The van der Waals surface area contributed by atoms with Crippen molar-refractivity contribution >= 4 is 41.4 Å². The molecule has 0 saturated heterocycles. The van der Waals surface area contributed by atoms with E-state index in [2.05, 4.69) is 98.7 Å². The second-order valence-corrected chi connectivity index (χ2v) is 27.1. The predicted molar refractivity (Wildman–Crippen MR) is 376 cm³/mol. The quantitative estimate of drug-likeness (QED) is 0.0264. The van der Waals surface area contributed by atoms with Crippen molar-refractivity contribution in [3.8, 4) is 0 Å². The molecule has 4 rings (SSSR count). The second-order valence-electron chi connectivity index (χ2n) is 27.1. The van der Waals surface area contributed by atoms with Crippen molar-refractivity contribution in [2.24, 2.45) is 23.7 Å². The van der Waals surface area contributed by atoms with Gasteiger partial charge in [-0.25, -0.2) is 4.79 Å². The van der Waals surface area contributed by atoms with Gasteiger partial charge in [-0.2, -0.15) is 0 Å². The topological polar surface area (TPSA) is 193 Å². The number of carbonyl (C=O) groups is 7. The number of carboxylic acid groups (broad SMARTS) is 2. The zero-order valence-corrected chi connectivity index (χ0v) is 60.4. The molecule has 0 N–H and O–H groups in total. The molecular weight excluding hydrogens is 1160 g/mol. The number of carbonyl (C=O) groups excluding carboxylic acids is 7. The van der Waals surface area contributed by atoms with Crippen LogP contribution in [0, 0.1) is 51.4 Å². The Kier molecular flexibility index (Phi) is 52.8. The maximum absolute atomic E-state index is 12.8. The fraction of sp³-hybridized carbons (Fsp3) is 0.741. The van der Waals surface area contributed by atoms with Gasteiger partial charge in [-0.15, -0.1) is 0 Å². The molecule has 2 aliphatic rings. The monoisotopic (exact) mass is 1300 g/mol. The first-order chi connectivity index (χ1) is 44.9. The Hall–Kier alpha value is -5.13. The molecule has 0 amide bonds. The fourth-order valence-electron chi connectivity index (χ4n) is 13.3. The van der Waals surface area contributed by atoms with Crippen molar-refractivity contribution in [2.45, 2.75) is 351 Å². The molecule has 93 heavy (non-hydrogen) atoms. The standard InChI is InChI=1S/C31H54O8.2C19H28O.C12H24O2/c1-3-5-7-9-11-13-15-17-19-21-29(34)37-25-27(39-31(36)24-23-28(32)33)26-38-30(35)22-20-18-16-14-12-10-8-6-4-2;2*1-4-8-16-11-5-6-12-17(16)19(20)13-18-14(2)9-7-10-15(18)3;1-2-3-4-5-6-7-8-9-10-11-12(13)14/h23-24,27H,3-22,25-26H2,1-2H3,(H,32,33);2*7,9-10,16-17H,4-6,8,11-13H2,1-3H3;2-11H2,1H3,(H,13,14)/p-2/b24-23+;;;/t;2*16?,17-;/m.11./s1. The summed E-state index contributed by atoms with van der Waals surface area (Å²) in [5.74, 6) is -1.32. The van der Waals surface area contributed by atoms with E-state index < -0.39 is 36.0 Å². The number of benzene rings is 2. The molecule has 2 aliphatic carbocycles. The van der Waals surface area contributed by atoms with Gasteiger partial charge in [0.15, 0.2) is 6.10 Å². The van der Waals surface area contributed by atoms with E-state index in [1.54, 1.807) is 0 Å². The summed E-state index contributed by atoms with van der Waals surface area (Å²) in [6, 6.07) is 12.7. The summed E-state index contributed by atoms with van der Waals surface area (Å²) < 4.78 is 15.6. The number of rotatable bonds is 47. The molecule has 12 nitrogen and oxygen atoms in total. The van der Waals surface area contributed by atoms with Gasteiger partial charge in [-0.05, 0) is 130 Å². The molecule has 2 aromatic carbocycles. The number of esters is 3. The van der Waals surface area contributed by atoms with Gasteiger partial charge in [0, 0.05) is 49.6 Å². The third-order valence-electron chi connectivity index (χ3n) is 18.9. The summed E-state index contributed by atoms with van der Waals surface area (Å²) in [6.45, 7) is 19.1. The van der Waals surface area contributed by atoms with Gasteiger partial charge in [0.05, 0.1) is 5.97 Å². The van der Waals surface area contributed by atoms with Crippen LogP contribution >= 0.6 is 0 Å². The van der Waals surface area contributed by atoms with Crippen molar-refractivity contribution < 1.29 is 58.0 Å². The van der Waals surface area contributed by atoms with Crippen LogP contribution in [0.15, 0.2) is 48.6 Å². The van der Waals surface area contributed by atoms with Crippen LogP contribution in [0.2, 0.25) is 0 Å². The molecular formula is C81H132O12-2. The third kappa shape index (κ3) is 44.3. The van der Waals surface area contributed by atoms with E-state index >= 15 is 0 Å². The molecule has 0 aromatic heterocycles. The van der Waals surface area contributed by atoms with Crippen LogP contribution < -0.4 is 10.2 Å². The number of hydrogen-bond donors (Lipinski definition) is 0. The molecule has 12 heteroatoms. The van der Waals surface area contributed by atoms with Gasteiger partial charge in [0.25, 0.3) is 0 Å². The SMILES string of the molecule is CCCC1CCCC[C@H]1C(=O)Cc1c(C)cccc1C.CCCC1CCCC[C@H]1C(=O)Cc1c(C)cccc1C.CCCCCCCCCCCC(=O)OCC(COC(=O)CCCCCCCCCCC)OC(=O)/C=C/C(=O)[O-].CCCCCCCCCCCC(=O)[O-]. The van der Waals surface area contributed by atoms with Crippen LogP contribution in [-0.4, -0.2) is 60.7 Å². The summed E-state index contributed by atoms with van der Waals surface area (Å²) in [5.41, 5.74) is 7.58. The normalized spacial score (nSPS) is 16.0. The third-order valence-corrected chi connectivity index (χ3v) is 18.9. The predicted octanol–water partition coefficient (Wildman–Crippen LogP) is 18.8. The minimum atomic E-state index is -1.54. The van der Waals surface area contributed by atoms with Gasteiger partial charge in [-0.3, -0.25) is 19.2 Å². The van der Waals surface area contributed by atoms with Crippen molar-refractivity contribution in [3.05, 3.63) is 81.9 Å². The number of ether oxygens (including phenoxy) is 3. The summed E-state index contributed by atoms with van der Waals surface area (Å²) in [4.78, 5) is 82.3. The van der Waals surface area contributed by atoms with Gasteiger partial charge in [0.1, 0.15) is 24.8 Å². The lowest BCUT2D eigenvalue weighted by Crippen LogP contribution is -2.30. The highest BCUT2D eigenvalue weighted by molar-refractivity contribution is 5.90. The Balaban J connectivity index is 0.000000671. The Bertz CT molecular complexity index is 2170.